The highest BCUT2D eigenvalue weighted by Gasteiger charge is 2.22. The van der Waals surface area contributed by atoms with E-state index in [9.17, 15) is 4.79 Å². The zero-order valence-electron chi connectivity index (χ0n) is 21.3. The van der Waals surface area contributed by atoms with Crippen molar-refractivity contribution >= 4 is 39.3 Å². The summed E-state index contributed by atoms with van der Waals surface area (Å²) in [5.74, 6) is -0.0616. The quantitative estimate of drug-likeness (QED) is 0.302. The van der Waals surface area contributed by atoms with E-state index < -0.39 is 5.41 Å². The molecule has 6 heterocycles. The van der Waals surface area contributed by atoms with Crippen LogP contribution in [0, 0.1) is 5.41 Å². The van der Waals surface area contributed by atoms with Gasteiger partial charge in [-0.15, -0.1) is 0 Å². The molecule has 0 saturated carbocycles. The smallest absolute Gasteiger partial charge is 0.229 e. The highest BCUT2D eigenvalue weighted by atomic mass is 16.2. The standard InChI is InChI=1S/C28H30N8O/c1-28(2,3)27(37)32-19-11-17(14-29-16-19)18-12-21-24(34-35-26(21)31-15-18)22-13-20-23(7-8-30-25(20)33-22)36-9-5-4-6-10-36/h7-8,11-16H,4-6,9-10H2,1-3H3,(H,30,33)(H,32,37)(H,31,34,35). The van der Waals surface area contributed by atoms with Crippen molar-refractivity contribution in [3.63, 3.8) is 0 Å². The van der Waals surface area contributed by atoms with Gasteiger partial charge < -0.3 is 15.2 Å². The Hall–Kier alpha value is -4.27. The van der Waals surface area contributed by atoms with E-state index in [1.807, 2.05) is 33.0 Å². The van der Waals surface area contributed by atoms with Gasteiger partial charge in [0.1, 0.15) is 5.65 Å². The highest BCUT2D eigenvalue weighted by molar-refractivity contribution is 5.99. The van der Waals surface area contributed by atoms with E-state index >= 15 is 0 Å². The van der Waals surface area contributed by atoms with Gasteiger partial charge in [-0.05, 0) is 43.5 Å². The molecule has 0 bridgehead atoms. The van der Waals surface area contributed by atoms with Gasteiger partial charge in [0.05, 0.1) is 23.3 Å². The largest absolute Gasteiger partial charge is 0.371 e. The number of nitrogens with zero attached hydrogens (tertiary/aromatic N) is 5. The Labute approximate surface area is 214 Å². The van der Waals surface area contributed by atoms with Crippen molar-refractivity contribution in [3.8, 4) is 22.5 Å². The van der Waals surface area contributed by atoms with Crippen LogP contribution in [0.25, 0.3) is 44.6 Å². The average Bonchev–Trinajstić information content (AvgIpc) is 3.52. The van der Waals surface area contributed by atoms with Crippen LogP contribution >= 0.6 is 0 Å². The summed E-state index contributed by atoms with van der Waals surface area (Å²) in [6, 6.07) is 8.22. The Morgan fingerprint density at radius 1 is 0.973 bits per heavy atom. The monoisotopic (exact) mass is 494 g/mol. The lowest BCUT2D eigenvalue weighted by atomic mass is 9.95. The fraction of sp³-hybridized carbons (Fsp3) is 0.321. The number of carbonyl (C=O) groups is 1. The van der Waals surface area contributed by atoms with Gasteiger partial charge in [0.2, 0.25) is 5.91 Å². The summed E-state index contributed by atoms with van der Waals surface area (Å²) in [6.07, 6.45) is 10.8. The number of piperidine rings is 1. The Bertz CT molecular complexity index is 1600. The fourth-order valence-electron chi connectivity index (χ4n) is 4.81. The van der Waals surface area contributed by atoms with Crippen LogP contribution in [0.15, 0.2) is 49.1 Å². The molecule has 1 aliphatic heterocycles. The fourth-order valence-corrected chi connectivity index (χ4v) is 4.81. The number of aromatic amines is 2. The lowest BCUT2D eigenvalue weighted by molar-refractivity contribution is -0.123. The van der Waals surface area contributed by atoms with Gasteiger partial charge in [-0.3, -0.25) is 14.9 Å². The first-order valence-electron chi connectivity index (χ1n) is 12.7. The van der Waals surface area contributed by atoms with E-state index in [1.54, 1.807) is 18.6 Å². The molecule has 0 unspecified atom stereocenters. The topological polar surface area (TPSA) is 115 Å². The molecule has 0 spiro atoms. The highest BCUT2D eigenvalue weighted by Crippen LogP contribution is 2.34. The molecule has 5 aromatic heterocycles. The number of rotatable bonds is 4. The third-order valence-electron chi connectivity index (χ3n) is 6.90. The summed E-state index contributed by atoms with van der Waals surface area (Å²) >= 11 is 0. The molecule has 0 radical (unpaired) electrons. The van der Waals surface area contributed by atoms with Gasteiger partial charge in [-0.1, -0.05) is 20.8 Å². The molecular weight excluding hydrogens is 464 g/mol. The third kappa shape index (κ3) is 4.41. The molecule has 9 nitrogen and oxygen atoms in total. The average molecular weight is 495 g/mol. The van der Waals surface area contributed by atoms with Crippen molar-refractivity contribution in [3.05, 3.63) is 49.1 Å². The lowest BCUT2D eigenvalue weighted by Crippen LogP contribution is -2.29. The van der Waals surface area contributed by atoms with E-state index in [0.717, 1.165) is 52.0 Å². The number of anilines is 2. The van der Waals surface area contributed by atoms with Gasteiger partial charge in [0.25, 0.3) is 0 Å². The Morgan fingerprint density at radius 2 is 1.78 bits per heavy atom. The van der Waals surface area contributed by atoms with Crippen LogP contribution in [0.5, 0.6) is 0 Å². The number of amides is 1. The number of hydrogen-bond acceptors (Lipinski definition) is 6. The molecule has 1 fully saturated rings. The molecule has 0 aliphatic carbocycles. The second-order valence-corrected chi connectivity index (χ2v) is 10.7. The second-order valence-electron chi connectivity index (χ2n) is 10.7. The normalized spacial score (nSPS) is 14.4. The van der Waals surface area contributed by atoms with E-state index in [-0.39, 0.29) is 5.91 Å². The minimum Gasteiger partial charge on any atom is -0.371 e. The molecule has 188 valence electrons. The summed E-state index contributed by atoms with van der Waals surface area (Å²) in [5, 5.41) is 12.6. The molecule has 37 heavy (non-hydrogen) atoms. The Balaban J connectivity index is 1.37. The summed E-state index contributed by atoms with van der Waals surface area (Å²) in [7, 11) is 0. The first kappa shape index (κ1) is 23.1. The minimum absolute atomic E-state index is 0.0616. The summed E-state index contributed by atoms with van der Waals surface area (Å²) < 4.78 is 0. The predicted molar refractivity (Wildman–Crippen MR) is 146 cm³/mol. The van der Waals surface area contributed by atoms with Gasteiger partial charge in [0.15, 0.2) is 5.65 Å². The molecule has 3 N–H and O–H groups in total. The van der Waals surface area contributed by atoms with Crippen LogP contribution in [0.1, 0.15) is 40.0 Å². The first-order valence-corrected chi connectivity index (χ1v) is 12.7. The molecule has 1 aliphatic rings. The summed E-state index contributed by atoms with van der Waals surface area (Å²) in [5.41, 5.74) is 6.38. The molecule has 0 aromatic carbocycles. The van der Waals surface area contributed by atoms with Crippen molar-refractivity contribution in [2.75, 3.05) is 23.3 Å². The molecule has 0 atom stereocenters. The van der Waals surface area contributed by atoms with Gasteiger partial charge in [0, 0.05) is 64.7 Å². The Morgan fingerprint density at radius 3 is 2.59 bits per heavy atom. The number of carbonyl (C=O) groups excluding carboxylic acids is 1. The van der Waals surface area contributed by atoms with Crippen molar-refractivity contribution in [1.82, 2.24) is 30.1 Å². The summed E-state index contributed by atoms with van der Waals surface area (Å²) in [6.45, 7) is 7.79. The maximum absolute atomic E-state index is 12.4. The van der Waals surface area contributed by atoms with Crippen LogP contribution in [0.3, 0.4) is 0 Å². The number of nitrogens with one attached hydrogen (secondary N) is 3. The maximum Gasteiger partial charge on any atom is 0.229 e. The number of fused-ring (bicyclic) bond motifs is 2. The van der Waals surface area contributed by atoms with Gasteiger partial charge in [-0.25, -0.2) is 9.97 Å². The first-order chi connectivity index (χ1) is 17.9. The molecule has 6 rings (SSSR count). The van der Waals surface area contributed by atoms with E-state index in [4.69, 9.17) is 0 Å². The minimum atomic E-state index is -0.496. The molecule has 1 amide bonds. The van der Waals surface area contributed by atoms with E-state index in [2.05, 4.69) is 58.5 Å². The van der Waals surface area contributed by atoms with Crippen molar-refractivity contribution in [2.45, 2.75) is 40.0 Å². The third-order valence-corrected chi connectivity index (χ3v) is 6.90. The van der Waals surface area contributed by atoms with Crippen molar-refractivity contribution < 1.29 is 4.79 Å². The molecular formula is C28H30N8O. The SMILES string of the molecule is CC(C)(C)C(=O)Nc1cncc(-c2cnc3n[nH]c(-c4cc5c(N6CCCCC6)ccnc5[nH]4)c3c2)c1. The zero-order valence-corrected chi connectivity index (χ0v) is 21.3. The van der Waals surface area contributed by atoms with Crippen LogP contribution in [0.4, 0.5) is 11.4 Å². The van der Waals surface area contributed by atoms with Crippen LogP contribution in [0.2, 0.25) is 0 Å². The van der Waals surface area contributed by atoms with Crippen molar-refractivity contribution in [1.29, 1.82) is 0 Å². The lowest BCUT2D eigenvalue weighted by Gasteiger charge is -2.29. The molecule has 5 aromatic rings. The van der Waals surface area contributed by atoms with Crippen LogP contribution < -0.4 is 10.2 Å². The van der Waals surface area contributed by atoms with Gasteiger partial charge in [-0.2, -0.15) is 5.10 Å². The van der Waals surface area contributed by atoms with Crippen LogP contribution in [-0.4, -0.2) is 49.1 Å². The molecule has 9 heteroatoms. The zero-order chi connectivity index (χ0) is 25.6. The number of hydrogen-bond donors (Lipinski definition) is 3. The van der Waals surface area contributed by atoms with E-state index in [0.29, 0.717) is 11.3 Å². The van der Waals surface area contributed by atoms with Crippen LogP contribution in [-0.2, 0) is 4.79 Å². The summed E-state index contributed by atoms with van der Waals surface area (Å²) in [4.78, 5) is 31.9. The number of H-pyrrole nitrogens is 2. The predicted octanol–water partition coefficient (Wildman–Crippen LogP) is 5.54. The van der Waals surface area contributed by atoms with Crippen molar-refractivity contribution in [2.24, 2.45) is 5.41 Å². The number of pyridine rings is 3. The van der Waals surface area contributed by atoms with E-state index in [1.165, 1.54) is 24.9 Å². The second kappa shape index (κ2) is 8.99. The Kier molecular flexibility index (Phi) is 5.62. The maximum atomic E-state index is 12.4. The molecule has 1 saturated heterocycles. The number of aromatic nitrogens is 6. The van der Waals surface area contributed by atoms with Gasteiger partial charge >= 0.3 is 0 Å².